The van der Waals surface area contributed by atoms with E-state index in [9.17, 15) is 14.0 Å². The van der Waals surface area contributed by atoms with E-state index in [1.807, 2.05) is 31.2 Å². The normalized spacial score (nSPS) is 12.0. The summed E-state index contributed by atoms with van der Waals surface area (Å²) in [4.78, 5) is 23.6. The molecule has 0 aromatic heterocycles. The molecule has 0 saturated heterocycles. The van der Waals surface area contributed by atoms with Gasteiger partial charge in [0.15, 0.2) is 6.61 Å². The Balaban J connectivity index is 1.78. The van der Waals surface area contributed by atoms with Gasteiger partial charge in [-0.05, 0) is 48.2 Å². The van der Waals surface area contributed by atoms with Crippen LogP contribution in [0, 0.1) is 5.82 Å². The molecule has 0 radical (unpaired) electrons. The van der Waals surface area contributed by atoms with Crippen LogP contribution in [0.15, 0.2) is 54.6 Å². The molecule has 1 amide bonds. The van der Waals surface area contributed by atoms with Gasteiger partial charge in [0.1, 0.15) is 5.82 Å². The van der Waals surface area contributed by atoms with Crippen LogP contribution in [-0.4, -0.2) is 18.5 Å². The number of hydrogen-bond donors (Lipinski definition) is 1. The van der Waals surface area contributed by atoms with Crippen molar-refractivity contribution < 1.29 is 18.7 Å². The van der Waals surface area contributed by atoms with Gasteiger partial charge < -0.3 is 10.1 Å². The number of carbonyl (C=O) groups is 2. The molecule has 0 saturated carbocycles. The summed E-state index contributed by atoms with van der Waals surface area (Å²) >= 11 is 0. The first-order chi connectivity index (χ1) is 12.5. The van der Waals surface area contributed by atoms with Crippen LogP contribution in [0.5, 0.6) is 0 Å². The van der Waals surface area contributed by atoms with Crippen LogP contribution in [0.1, 0.15) is 36.6 Å². The van der Waals surface area contributed by atoms with E-state index in [-0.39, 0.29) is 24.4 Å². The largest absolute Gasteiger partial charge is 0.452 e. The molecule has 136 valence electrons. The second-order valence-electron chi connectivity index (χ2n) is 5.88. The maximum atomic E-state index is 12.8. The third kappa shape index (κ3) is 6.16. The van der Waals surface area contributed by atoms with E-state index in [0.717, 1.165) is 12.0 Å². The molecular weight excluding hydrogens is 333 g/mol. The van der Waals surface area contributed by atoms with E-state index in [1.54, 1.807) is 0 Å². The number of ether oxygens (including phenoxy) is 1. The maximum Gasteiger partial charge on any atom is 0.331 e. The van der Waals surface area contributed by atoms with E-state index in [1.165, 1.54) is 42.0 Å². The first-order valence-electron chi connectivity index (χ1n) is 8.46. The fourth-order valence-corrected chi connectivity index (χ4v) is 2.33. The number of benzene rings is 2. The van der Waals surface area contributed by atoms with Crippen LogP contribution in [0.3, 0.4) is 0 Å². The first-order valence-corrected chi connectivity index (χ1v) is 8.46. The fraction of sp³-hybridized carbons (Fsp3) is 0.238. The summed E-state index contributed by atoms with van der Waals surface area (Å²) in [6, 6.07) is 13.5. The van der Waals surface area contributed by atoms with E-state index in [2.05, 4.69) is 12.2 Å². The van der Waals surface area contributed by atoms with Gasteiger partial charge in [0.2, 0.25) is 0 Å². The lowest BCUT2D eigenvalue weighted by atomic mass is 10.1. The molecule has 0 aliphatic carbocycles. The van der Waals surface area contributed by atoms with E-state index >= 15 is 0 Å². The molecule has 0 aliphatic rings. The van der Waals surface area contributed by atoms with Crippen LogP contribution in [0.25, 0.3) is 6.08 Å². The predicted octanol–water partition coefficient (Wildman–Crippen LogP) is 3.82. The van der Waals surface area contributed by atoms with Crippen LogP contribution in [0.2, 0.25) is 0 Å². The van der Waals surface area contributed by atoms with Crippen molar-refractivity contribution in [3.63, 3.8) is 0 Å². The molecule has 0 unspecified atom stereocenters. The average Bonchev–Trinajstić information content (AvgIpc) is 2.66. The van der Waals surface area contributed by atoms with Gasteiger partial charge in [-0.1, -0.05) is 43.3 Å². The summed E-state index contributed by atoms with van der Waals surface area (Å²) in [5.74, 6) is -1.36. The van der Waals surface area contributed by atoms with Crippen molar-refractivity contribution in [2.45, 2.75) is 26.3 Å². The lowest BCUT2D eigenvalue weighted by Gasteiger charge is -2.14. The number of rotatable bonds is 7. The van der Waals surface area contributed by atoms with Gasteiger partial charge in [-0.15, -0.1) is 0 Å². The Morgan fingerprint density at radius 1 is 1.12 bits per heavy atom. The van der Waals surface area contributed by atoms with Crippen LogP contribution < -0.4 is 5.32 Å². The molecule has 0 spiro atoms. The Labute approximate surface area is 152 Å². The molecule has 1 N–H and O–H groups in total. The number of aryl methyl sites for hydroxylation is 1. The number of hydrogen-bond acceptors (Lipinski definition) is 3. The highest BCUT2D eigenvalue weighted by atomic mass is 19.1. The summed E-state index contributed by atoms with van der Waals surface area (Å²) < 4.78 is 17.7. The first kappa shape index (κ1) is 19.4. The average molecular weight is 355 g/mol. The quantitative estimate of drug-likeness (QED) is 0.607. The highest BCUT2D eigenvalue weighted by Gasteiger charge is 2.11. The fourth-order valence-electron chi connectivity index (χ4n) is 2.33. The zero-order valence-electron chi connectivity index (χ0n) is 14.9. The molecule has 2 rings (SSSR count). The number of carbonyl (C=O) groups excluding carboxylic acids is 2. The van der Waals surface area contributed by atoms with Crippen molar-refractivity contribution in [2.75, 3.05) is 6.61 Å². The molecule has 0 aliphatic heterocycles. The Morgan fingerprint density at radius 3 is 2.38 bits per heavy atom. The van der Waals surface area contributed by atoms with Gasteiger partial charge in [0.05, 0.1) is 6.04 Å². The molecule has 2 aromatic rings. The zero-order chi connectivity index (χ0) is 18.9. The monoisotopic (exact) mass is 355 g/mol. The number of amides is 1. The van der Waals surface area contributed by atoms with Crippen molar-refractivity contribution in [3.05, 3.63) is 77.1 Å². The molecule has 1 atom stereocenters. The molecule has 2 aromatic carbocycles. The summed E-state index contributed by atoms with van der Waals surface area (Å²) in [6.45, 7) is 3.60. The van der Waals surface area contributed by atoms with E-state index in [0.29, 0.717) is 5.56 Å². The summed E-state index contributed by atoms with van der Waals surface area (Å²) in [5.41, 5.74) is 2.88. The summed E-state index contributed by atoms with van der Waals surface area (Å²) in [6.07, 6.45) is 3.66. The third-order valence-electron chi connectivity index (χ3n) is 3.89. The van der Waals surface area contributed by atoms with Crippen molar-refractivity contribution in [1.82, 2.24) is 5.32 Å². The third-order valence-corrected chi connectivity index (χ3v) is 3.89. The number of esters is 1. The molecule has 0 fully saturated rings. The molecule has 5 heteroatoms. The number of nitrogens with one attached hydrogen (secondary N) is 1. The van der Waals surface area contributed by atoms with E-state index in [4.69, 9.17) is 4.74 Å². The van der Waals surface area contributed by atoms with Gasteiger partial charge in [-0.3, -0.25) is 4.79 Å². The minimum absolute atomic E-state index is 0.179. The summed E-state index contributed by atoms with van der Waals surface area (Å²) in [7, 11) is 0. The molecule has 26 heavy (non-hydrogen) atoms. The van der Waals surface area contributed by atoms with Crippen molar-refractivity contribution >= 4 is 18.0 Å². The van der Waals surface area contributed by atoms with Crippen LogP contribution in [0.4, 0.5) is 4.39 Å². The van der Waals surface area contributed by atoms with Gasteiger partial charge >= 0.3 is 5.97 Å². The zero-order valence-corrected chi connectivity index (χ0v) is 14.9. The Morgan fingerprint density at radius 2 is 1.77 bits per heavy atom. The minimum atomic E-state index is -0.635. The van der Waals surface area contributed by atoms with Gasteiger partial charge in [-0.2, -0.15) is 0 Å². The van der Waals surface area contributed by atoms with Gasteiger partial charge in [0, 0.05) is 6.08 Å². The summed E-state index contributed by atoms with van der Waals surface area (Å²) in [5, 5.41) is 2.79. The standard InChI is InChI=1S/C21H22FNO3/c1-3-16-4-9-18(10-5-16)15(2)23-20(24)14-26-21(25)13-8-17-6-11-19(22)12-7-17/h4-13,15H,3,14H2,1-2H3,(H,23,24)/b13-8+/t15-/m1/s1. The molecule has 0 heterocycles. The van der Waals surface area contributed by atoms with Crippen molar-refractivity contribution in [1.29, 1.82) is 0 Å². The molecule has 4 nitrogen and oxygen atoms in total. The second-order valence-corrected chi connectivity index (χ2v) is 5.88. The second kappa shape index (κ2) is 9.51. The topological polar surface area (TPSA) is 55.4 Å². The molecular formula is C21H22FNO3. The van der Waals surface area contributed by atoms with E-state index < -0.39 is 5.97 Å². The van der Waals surface area contributed by atoms with Crippen molar-refractivity contribution in [3.8, 4) is 0 Å². The number of halogens is 1. The maximum absolute atomic E-state index is 12.8. The van der Waals surface area contributed by atoms with Gasteiger partial charge in [0.25, 0.3) is 5.91 Å². The Hall–Kier alpha value is -2.95. The molecule has 0 bridgehead atoms. The predicted molar refractivity (Wildman–Crippen MR) is 98.8 cm³/mol. The minimum Gasteiger partial charge on any atom is -0.452 e. The Bertz CT molecular complexity index is 767. The smallest absolute Gasteiger partial charge is 0.331 e. The van der Waals surface area contributed by atoms with Crippen LogP contribution in [-0.2, 0) is 20.7 Å². The SMILES string of the molecule is CCc1ccc([C@@H](C)NC(=O)COC(=O)/C=C/c2ccc(F)cc2)cc1. The lowest BCUT2D eigenvalue weighted by Crippen LogP contribution is -2.30. The highest BCUT2D eigenvalue weighted by Crippen LogP contribution is 2.13. The Kier molecular flexibility index (Phi) is 7.09. The van der Waals surface area contributed by atoms with Crippen molar-refractivity contribution in [2.24, 2.45) is 0 Å². The van der Waals surface area contributed by atoms with Gasteiger partial charge in [-0.25, -0.2) is 9.18 Å². The lowest BCUT2D eigenvalue weighted by molar-refractivity contribution is -0.144. The highest BCUT2D eigenvalue weighted by molar-refractivity contribution is 5.89. The van der Waals surface area contributed by atoms with Crippen LogP contribution >= 0.6 is 0 Å².